The summed E-state index contributed by atoms with van der Waals surface area (Å²) in [4.78, 5) is 23.0. The Morgan fingerprint density at radius 1 is 1.39 bits per heavy atom. The predicted octanol–water partition coefficient (Wildman–Crippen LogP) is 0.564. The van der Waals surface area contributed by atoms with Gasteiger partial charge in [0.05, 0.1) is 11.3 Å². The zero-order valence-corrected chi connectivity index (χ0v) is 13.4. The molecule has 9 heteroatoms. The summed E-state index contributed by atoms with van der Waals surface area (Å²) in [6, 6.07) is 4.64. The van der Waals surface area contributed by atoms with Crippen LogP contribution in [0, 0.1) is 0 Å². The first-order chi connectivity index (χ1) is 10.7. The fourth-order valence-corrected chi connectivity index (χ4v) is 3.12. The number of sulfone groups is 1. The molecule has 2 N–H and O–H groups in total. The molecule has 0 unspecified atom stereocenters. The highest BCUT2D eigenvalue weighted by atomic mass is 32.2. The van der Waals surface area contributed by atoms with Gasteiger partial charge in [-0.25, -0.2) is 13.2 Å². The summed E-state index contributed by atoms with van der Waals surface area (Å²) in [6.45, 7) is 0. The van der Waals surface area contributed by atoms with Crippen LogP contribution in [0.2, 0.25) is 5.82 Å². The number of fused-ring (bicyclic) bond motifs is 1. The third-order valence-electron chi connectivity index (χ3n) is 3.69. The Bertz CT molecular complexity index is 729. The molecule has 23 heavy (non-hydrogen) atoms. The Morgan fingerprint density at radius 2 is 2.09 bits per heavy atom. The van der Waals surface area contributed by atoms with Gasteiger partial charge in [0.15, 0.2) is 0 Å². The van der Waals surface area contributed by atoms with Gasteiger partial charge in [0.1, 0.15) is 21.4 Å². The van der Waals surface area contributed by atoms with Crippen molar-refractivity contribution >= 4 is 28.7 Å². The molecule has 1 atom stereocenters. The summed E-state index contributed by atoms with van der Waals surface area (Å²) in [7, 11) is -4.52. The van der Waals surface area contributed by atoms with Gasteiger partial charge in [0.25, 0.3) is 0 Å². The Hall–Kier alpha value is -1.87. The van der Waals surface area contributed by atoms with Crippen LogP contribution in [-0.2, 0) is 21.1 Å². The number of carboxylic acid groups (broad SMARTS) is 1. The predicted molar refractivity (Wildman–Crippen MR) is 83.4 cm³/mol. The number of aromatic carboxylic acids is 1. The number of hydrogen-bond donors (Lipinski definition) is 2. The molecule has 0 spiro atoms. The molecule has 124 valence electrons. The van der Waals surface area contributed by atoms with Gasteiger partial charge in [0, 0.05) is 24.9 Å². The van der Waals surface area contributed by atoms with Crippen molar-refractivity contribution in [2.24, 2.45) is 0 Å². The lowest BCUT2D eigenvalue weighted by Gasteiger charge is -2.28. The van der Waals surface area contributed by atoms with E-state index < -0.39 is 28.7 Å². The monoisotopic (exact) mass is 340 g/mol. The second-order valence-electron chi connectivity index (χ2n) is 5.69. The molecule has 2 rings (SSSR count). The maximum atomic E-state index is 11.9. The van der Waals surface area contributed by atoms with Crippen molar-refractivity contribution in [3.8, 4) is 5.75 Å². The number of ketones is 1. The van der Waals surface area contributed by atoms with Crippen molar-refractivity contribution in [1.29, 1.82) is 0 Å². The van der Waals surface area contributed by atoms with Crippen molar-refractivity contribution in [3.63, 3.8) is 0 Å². The smallest absolute Gasteiger partial charge is 0.526 e. The van der Waals surface area contributed by atoms with Crippen molar-refractivity contribution < 1.29 is 32.8 Å². The van der Waals surface area contributed by atoms with E-state index in [1.165, 1.54) is 6.07 Å². The quantitative estimate of drug-likeness (QED) is 0.727. The molecular weight excluding hydrogens is 323 g/mol. The maximum Gasteiger partial charge on any atom is 0.526 e. The van der Waals surface area contributed by atoms with Crippen LogP contribution in [0.25, 0.3) is 0 Å². The van der Waals surface area contributed by atoms with Crippen molar-refractivity contribution in [2.75, 3.05) is 12.0 Å². The zero-order valence-electron chi connectivity index (χ0n) is 12.6. The largest absolute Gasteiger partial charge is 0.535 e. The van der Waals surface area contributed by atoms with E-state index in [4.69, 9.17) is 9.76 Å². The van der Waals surface area contributed by atoms with Crippen LogP contribution in [0.4, 0.5) is 0 Å². The molecule has 1 heterocycles. The summed E-state index contributed by atoms with van der Waals surface area (Å²) in [5, 5.41) is 19.1. The van der Waals surface area contributed by atoms with Crippen LogP contribution in [-0.4, -0.2) is 49.4 Å². The first-order valence-corrected chi connectivity index (χ1v) is 9.13. The number of Topliss-reactive ketones (excluding diaryl/α,β-unsaturated/α-hetero) is 1. The Morgan fingerprint density at radius 3 is 2.70 bits per heavy atom. The van der Waals surface area contributed by atoms with E-state index in [-0.39, 0.29) is 35.7 Å². The lowest BCUT2D eigenvalue weighted by Crippen LogP contribution is -2.36. The van der Waals surface area contributed by atoms with Crippen LogP contribution < -0.4 is 4.65 Å². The van der Waals surface area contributed by atoms with Gasteiger partial charge >= 0.3 is 13.1 Å². The minimum atomic E-state index is -3.22. The van der Waals surface area contributed by atoms with Gasteiger partial charge in [-0.1, -0.05) is 12.1 Å². The molecule has 0 aliphatic carbocycles. The van der Waals surface area contributed by atoms with Crippen LogP contribution in [0.1, 0.15) is 28.8 Å². The number of para-hydroxylation sites is 1. The normalized spacial score (nSPS) is 17.3. The molecule has 0 radical (unpaired) electrons. The lowest BCUT2D eigenvalue weighted by atomic mass is 9.64. The minimum Gasteiger partial charge on any atom is -0.535 e. The zero-order chi connectivity index (χ0) is 17.2. The van der Waals surface area contributed by atoms with Crippen molar-refractivity contribution in [3.05, 3.63) is 29.3 Å². The summed E-state index contributed by atoms with van der Waals surface area (Å²) in [6.07, 6.45) is 1.22. The first kappa shape index (κ1) is 17.5. The van der Waals surface area contributed by atoms with E-state index in [9.17, 15) is 23.0 Å². The average Bonchev–Trinajstić information content (AvgIpc) is 2.44. The highest BCUT2D eigenvalue weighted by Gasteiger charge is 2.37. The van der Waals surface area contributed by atoms with E-state index in [0.29, 0.717) is 12.0 Å². The second-order valence-corrected chi connectivity index (χ2v) is 7.95. The van der Waals surface area contributed by atoms with Crippen LogP contribution in [0.3, 0.4) is 0 Å². The Labute approximate surface area is 134 Å². The summed E-state index contributed by atoms with van der Waals surface area (Å²) in [5.41, 5.74) is 0.569. The number of rotatable bonds is 6. The molecule has 7 nitrogen and oxygen atoms in total. The van der Waals surface area contributed by atoms with Crippen molar-refractivity contribution in [1.82, 2.24) is 0 Å². The highest BCUT2D eigenvalue weighted by Crippen LogP contribution is 2.36. The lowest BCUT2D eigenvalue weighted by molar-refractivity contribution is -0.118. The van der Waals surface area contributed by atoms with Gasteiger partial charge in [-0.2, -0.15) is 0 Å². The molecule has 1 aromatic rings. The molecule has 1 aromatic carbocycles. The molecule has 1 aliphatic heterocycles. The highest BCUT2D eigenvalue weighted by molar-refractivity contribution is 7.90. The fraction of sp³-hybridized carbons (Fsp3) is 0.429. The van der Waals surface area contributed by atoms with Crippen molar-refractivity contribution in [2.45, 2.75) is 25.1 Å². The second kappa shape index (κ2) is 6.71. The van der Waals surface area contributed by atoms with Crippen LogP contribution in [0.15, 0.2) is 18.2 Å². The molecule has 0 saturated carbocycles. The number of benzene rings is 1. The van der Waals surface area contributed by atoms with Crippen LogP contribution >= 0.6 is 0 Å². The van der Waals surface area contributed by atoms with E-state index in [2.05, 4.69) is 0 Å². The minimum absolute atomic E-state index is 0.0204. The number of hydrogen-bond acceptors (Lipinski definition) is 6. The number of carbonyl (C=O) groups is 2. The summed E-state index contributed by atoms with van der Waals surface area (Å²) < 4.78 is 27.4. The Kier molecular flexibility index (Phi) is 5.11. The third-order valence-corrected chi connectivity index (χ3v) is 4.64. The molecule has 0 fully saturated rings. The van der Waals surface area contributed by atoms with E-state index in [1.807, 2.05) is 0 Å². The first-order valence-electron chi connectivity index (χ1n) is 7.06. The molecule has 0 aromatic heterocycles. The molecule has 0 amide bonds. The van der Waals surface area contributed by atoms with Gasteiger partial charge in [0.2, 0.25) is 0 Å². The third kappa shape index (κ3) is 4.55. The van der Waals surface area contributed by atoms with E-state index in [0.717, 1.165) is 6.26 Å². The summed E-state index contributed by atoms with van der Waals surface area (Å²) >= 11 is 0. The van der Waals surface area contributed by atoms with E-state index in [1.54, 1.807) is 12.1 Å². The molecule has 1 aliphatic rings. The standard InChI is InChI=1S/C14H17BO7S/c1-23(20,21)6-5-11(16)8-10-7-9-3-2-4-12(14(17)18)13(9)22-15(10)19/h2-4,10,19H,5-8H2,1H3,(H,17,18)/t10-/m1/s1. The average molecular weight is 340 g/mol. The van der Waals surface area contributed by atoms with E-state index >= 15 is 0 Å². The van der Waals surface area contributed by atoms with Gasteiger partial charge in [-0.15, -0.1) is 0 Å². The Balaban J connectivity index is 2.08. The van der Waals surface area contributed by atoms with Gasteiger partial charge in [-0.3, -0.25) is 4.79 Å². The van der Waals surface area contributed by atoms with Crippen LogP contribution in [0.5, 0.6) is 5.75 Å². The number of carbonyl (C=O) groups excluding carboxylic acids is 1. The maximum absolute atomic E-state index is 11.9. The molecule has 0 saturated heterocycles. The fourth-order valence-electron chi connectivity index (χ4n) is 2.52. The summed E-state index contributed by atoms with van der Waals surface area (Å²) in [5.74, 6) is -2.07. The topological polar surface area (TPSA) is 118 Å². The number of carboxylic acids is 1. The van der Waals surface area contributed by atoms with Gasteiger partial charge in [-0.05, 0) is 18.1 Å². The molecular formula is C14H17BO7S. The molecule has 0 bridgehead atoms. The van der Waals surface area contributed by atoms with Gasteiger partial charge < -0.3 is 14.8 Å². The SMILES string of the molecule is CS(=O)(=O)CCC(=O)C[C@H]1Cc2cccc(C(=O)O)c2OB1O.